The van der Waals surface area contributed by atoms with Gasteiger partial charge >= 0.3 is 0 Å². The van der Waals surface area contributed by atoms with E-state index >= 15 is 0 Å². The van der Waals surface area contributed by atoms with Crippen LogP contribution in [-0.4, -0.2) is 30.5 Å². The molecule has 3 rings (SSSR count). The van der Waals surface area contributed by atoms with Crippen molar-refractivity contribution in [1.82, 2.24) is 15.6 Å². The van der Waals surface area contributed by atoms with Crippen molar-refractivity contribution in [3.8, 4) is 0 Å². The van der Waals surface area contributed by atoms with Crippen LogP contribution in [-0.2, 0) is 11.2 Å². The van der Waals surface area contributed by atoms with Gasteiger partial charge in [-0.3, -0.25) is 4.79 Å². The molecule has 22 heavy (non-hydrogen) atoms. The van der Waals surface area contributed by atoms with Crippen molar-refractivity contribution in [3.63, 3.8) is 0 Å². The summed E-state index contributed by atoms with van der Waals surface area (Å²) in [5, 5.41) is 7.48. The second-order valence-electron chi connectivity index (χ2n) is 5.91. The molecule has 4 nitrogen and oxygen atoms in total. The molecular formula is C17H23N3OS. The van der Waals surface area contributed by atoms with Crippen LogP contribution < -0.4 is 10.6 Å². The van der Waals surface area contributed by atoms with Crippen molar-refractivity contribution >= 4 is 27.5 Å². The number of aromatic nitrogens is 1. The smallest absolute Gasteiger partial charge is 0.220 e. The molecule has 0 bridgehead atoms. The van der Waals surface area contributed by atoms with E-state index in [9.17, 15) is 4.79 Å². The lowest BCUT2D eigenvalue weighted by molar-refractivity contribution is -0.121. The van der Waals surface area contributed by atoms with E-state index in [1.54, 1.807) is 11.3 Å². The summed E-state index contributed by atoms with van der Waals surface area (Å²) in [7, 11) is 0. The van der Waals surface area contributed by atoms with Crippen molar-refractivity contribution in [2.75, 3.05) is 19.6 Å². The molecule has 5 heteroatoms. The summed E-state index contributed by atoms with van der Waals surface area (Å²) >= 11 is 1.72. The van der Waals surface area contributed by atoms with Crippen LogP contribution in [0.5, 0.6) is 0 Å². The van der Waals surface area contributed by atoms with Crippen LogP contribution in [0, 0.1) is 5.92 Å². The number of nitrogens with one attached hydrogen (secondary N) is 2. The number of carbonyl (C=O) groups is 1. The number of piperidine rings is 1. The van der Waals surface area contributed by atoms with E-state index in [4.69, 9.17) is 0 Å². The van der Waals surface area contributed by atoms with Crippen molar-refractivity contribution < 1.29 is 4.79 Å². The van der Waals surface area contributed by atoms with Crippen LogP contribution in [0.4, 0.5) is 0 Å². The summed E-state index contributed by atoms with van der Waals surface area (Å²) in [6.45, 7) is 2.89. The Kier molecular flexibility index (Phi) is 5.40. The summed E-state index contributed by atoms with van der Waals surface area (Å²) in [4.78, 5) is 16.5. The molecule has 1 amide bonds. The number of hydrogen-bond donors (Lipinski definition) is 2. The van der Waals surface area contributed by atoms with E-state index < -0.39 is 0 Å². The minimum atomic E-state index is 0.180. The number of nitrogens with zero attached hydrogens (tertiary/aromatic N) is 1. The molecule has 1 aromatic carbocycles. The van der Waals surface area contributed by atoms with Gasteiger partial charge in [0.15, 0.2) is 0 Å². The van der Waals surface area contributed by atoms with Gasteiger partial charge in [0.25, 0.3) is 0 Å². The first-order valence-electron chi connectivity index (χ1n) is 8.13. The summed E-state index contributed by atoms with van der Waals surface area (Å²) in [5.41, 5.74) is 1.06. The maximum absolute atomic E-state index is 11.9. The van der Waals surface area contributed by atoms with E-state index in [0.717, 1.165) is 42.4 Å². The number of amides is 1. The van der Waals surface area contributed by atoms with E-state index in [1.807, 2.05) is 18.2 Å². The minimum absolute atomic E-state index is 0.180. The zero-order valence-electron chi connectivity index (χ0n) is 12.8. The number of carbonyl (C=O) groups excluding carboxylic acids is 1. The molecule has 2 aromatic rings. The predicted molar refractivity (Wildman–Crippen MR) is 91.2 cm³/mol. The largest absolute Gasteiger partial charge is 0.356 e. The lowest BCUT2D eigenvalue weighted by Gasteiger charge is -2.22. The molecule has 0 unspecified atom stereocenters. The minimum Gasteiger partial charge on any atom is -0.356 e. The first-order chi connectivity index (χ1) is 10.8. The fraction of sp³-hybridized carbons (Fsp3) is 0.529. The number of fused-ring (bicyclic) bond motifs is 1. The van der Waals surface area contributed by atoms with Gasteiger partial charge in [-0.2, -0.15) is 0 Å². The quantitative estimate of drug-likeness (QED) is 0.861. The summed E-state index contributed by atoms with van der Waals surface area (Å²) < 4.78 is 1.22. The van der Waals surface area contributed by atoms with E-state index in [2.05, 4.69) is 21.7 Å². The van der Waals surface area contributed by atoms with Crippen molar-refractivity contribution in [2.45, 2.75) is 32.1 Å². The van der Waals surface area contributed by atoms with Gasteiger partial charge in [0.05, 0.1) is 15.2 Å². The fourth-order valence-electron chi connectivity index (χ4n) is 2.93. The van der Waals surface area contributed by atoms with Gasteiger partial charge in [-0.25, -0.2) is 4.98 Å². The average molecular weight is 317 g/mol. The third-order valence-corrected chi connectivity index (χ3v) is 5.33. The van der Waals surface area contributed by atoms with Crippen molar-refractivity contribution in [3.05, 3.63) is 29.3 Å². The SMILES string of the molecule is O=C(CCC1CCNCC1)NCCc1nc2ccccc2s1. The van der Waals surface area contributed by atoms with Crippen LogP contribution >= 0.6 is 11.3 Å². The summed E-state index contributed by atoms with van der Waals surface area (Å²) in [6.07, 6.45) is 4.91. The Morgan fingerprint density at radius 2 is 2.14 bits per heavy atom. The molecule has 0 atom stereocenters. The second kappa shape index (κ2) is 7.70. The maximum atomic E-state index is 11.9. The molecule has 1 aliphatic rings. The Hall–Kier alpha value is -1.46. The van der Waals surface area contributed by atoms with Gasteiger partial charge in [0, 0.05) is 19.4 Å². The molecule has 1 aliphatic heterocycles. The zero-order valence-corrected chi connectivity index (χ0v) is 13.6. The van der Waals surface area contributed by atoms with Crippen LogP contribution in [0.2, 0.25) is 0 Å². The number of hydrogen-bond acceptors (Lipinski definition) is 4. The molecule has 1 fully saturated rings. The molecule has 2 heterocycles. The topological polar surface area (TPSA) is 54.0 Å². The highest BCUT2D eigenvalue weighted by molar-refractivity contribution is 7.18. The first-order valence-corrected chi connectivity index (χ1v) is 8.95. The third-order valence-electron chi connectivity index (χ3n) is 4.24. The van der Waals surface area contributed by atoms with Gasteiger partial charge in [-0.05, 0) is 50.4 Å². The highest BCUT2D eigenvalue weighted by Crippen LogP contribution is 2.21. The number of benzene rings is 1. The molecule has 0 saturated carbocycles. The lowest BCUT2D eigenvalue weighted by atomic mass is 9.93. The van der Waals surface area contributed by atoms with Crippen LogP contribution in [0.1, 0.15) is 30.7 Å². The Bertz CT molecular complexity index is 586. The van der Waals surface area contributed by atoms with E-state index in [0.29, 0.717) is 13.0 Å². The number of thiazole rings is 1. The van der Waals surface area contributed by atoms with Crippen LogP contribution in [0.15, 0.2) is 24.3 Å². The zero-order chi connectivity index (χ0) is 15.2. The Balaban J connectivity index is 1.37. The van der Waals surface area contributed by atoms with Gasteiger partial charge in [-0.1, -0.05) is 12.1 Å². The Labute approximate surface area is 135 Å². The second-order valence-corrected chi connectivity index (χ2v) is 7.02. The lowest BCUT2D eigenvalue weighted by Crippen LogP contribution is -2.30. The van der Waals surface area contributed by atoms with Crippen molar-refractivity contribution in [1.29, 1.82) is 0 Å². The van der Waals surface area contributed by atoms with Crippen LogP contribution in [0.25, 0.3) is 10.2 Å². The molecular weight excluding hydrogens is 294 g/mol. The van der Waals surface area contributed by atoms with E-state index in [-0.39, 0.29) is 5.91 Å². The average Bonchev–Trinajstić information content (AvgIpc) is 2.96. The molecule has 1 aromatic heterocycles. The van der Waals surface area contributed by atoms with E-state index in [1.165, 1.54) is 17.5 Å². The standard InChI is InChI=1S/C17H23N3OS/c21-16(6-5-13-7-10-18-11-8-13)19-12-9-17-20-14-3-1-2-4-15(14)22-17/h1-4,13,18H,5-12H2,(H,19,21). The molecule has 2 N–H and O–H groups in total. The van der Waals surface area contributed by atoms with Crippen molar-refractivity contribution in [2.24, 2.45) is 5.92 Å². The normalized spacial score (nSPS) is 16.0. The number of rotatable bonds is 6. The van der Waals surface area contributed by atoms with Gasteiger partial charge in [0.1, 0.15) is 0 Å². The highest BCUT2D eigenvalue weighted by Gasteiger charge is 2.14. The number of para-hydroxylation sites is 1. The highest BCUT2D eigenvalue weighted by atomic mass is 32.1. The summed E-state index contributed by atoms with van der Waals surface area (Å²) in [6, 6.07) is 8.17. The van der Waals surface area contributed by atoms with Gasteiger partial charge < -0.3 is 10.6 Å². The monoisotopic (exact) mass is 317 g/mol. The van der Waals surface area contributed by atoms with Gasteiger partial charge in [0.2, 0.25) is 5.91 Å². The maximum Gasteiger partial charge on any atom is 0.220 e. The first kappa shape index (κ1) is 15.4. The van der Waals surface area contributed by atoms with Crippen LogP contribution in [0.3, 0.4) is 0 Å². The predicted octanol–water partition coefficient (Wildman–Crippen LogP) is 2.73. The summed E-state index contributed by atoms with van der Waals surface area (Å²) in [5.74, 6) is 0.899. The molecule has 118 valence electrons. The fourth-order valence-corrected chi connectivity index (χ4v) is 3.90. The molecule has 1 saturated heterocycles. The molecule has 0 radical (unpaired) electrons. The third kappa shape index (κ3) is 4.27. The Morgan fingerprint density at radius 3 is 2.95 bits per heavy atom. The Morgan fingerprint density at radius 1 is 1.32 bits per heavy atom. The van der Waals surface area contributed by atoms with Gasteiger partial charge in [-0.15, -0.1) is 11.3 Å². The molecule has 0 aliphatic carbocycles. The molecule has 0 spiro atoms.